The Kier molecular flexibility index (Phi) is 5.78. The van der Waals surface area contributed by atoms with Gasteiger partial charge < -0.3 is 10.1 Å². The van der Waals surface area contributed by atoms with Gasteiger partial charge in [0.15, 0.2) is 0 Å². The summed E-state index contributed by atoms with van der Waals surface area (Å²) in [6, 6.07) is 5.03. The van der Waals surface area contributed by atoms with Crippen molar-refractivity contribution in [3.8, 4) is 0 Å². The maximum absolute atomic E-state index is 13.3. The van der Waals surface area contributed by atoms with E-state index in [1.807, 2.05) is 0 Å². The van der Waals surface area contributed by atoms with Crippen molar-refractivity contribution in [3.63, 3.8) is 0 Å². The monoisotopic (exact) mass is 300 g/mol. The van der Waals surface area contributed by atoms with Crippen LogP contribution in [0.5, 0.6) is 0 Å². The summed E-state index contributed by atoms with van der Waals surface area (Å²) in [5.41, 5.74) is 1.00. The molecule has 1 saturated heterocycles. The Morgan fingerprint density at radius 1 is 1.50 bits per heavy atom. The van der Waals surface area contributed by atoms with E-state index >= 15 is 0 Å². The maximum Gasteiger partial charge on any atom is 0.141 e. The second-order valence-corrected chi connectivity index (χ2v) is 5.62. The van der Waals surface area contributed by atoms with Gasteiger partial charge in [-0.3, -0.25) is 4.90 Å². The standard InChI is InChI=1S/C15H22ClFN2O/c1-3-6-18-10-14-15(19(2)7-8-20-14)11-4-5-13(17)12(16)9-11/h4-5,9,14-15,18H,3,6-8,10H2,1-2H3. The molecule has 5 heteroatoms. The Hall–Kier alpha value is -0.680. The zero-order chi connectivity index (χ0) is 14.5. The summed E-state index contributed by atoms with van der Waals surface area (Å²) >= 11 is 5.91. The van der Waals surface area contributed by atoms with Gasteiger partial charge in [-0.25, -0.2) is 4.39 Å². The summed E-state index contributed by atoms with van der Waals surface area (Å²) in [4.78, 5) is 2.24. The average Bonchev–Trinajstić information content (AvgIpc) is 2.43. The molecule has 2 atom stereocenters. The lowest BCUT2D eigenvalue weighted by molar-refractivity contribution is -0.0612. The van der Waals surface area contributed by atoms with E-state index in [2.05, 4.69) is 24.2 Å². The van der Waals surface area contributed by atoms with Gasteiger partial charge in [0.2, 0.25) is 0 Å². The van der Waals surface area contributed by atoms with Gasteiger partial charge in [-0.05, 0) is 37.7 Å². The Labute approximate surface area is 125 Å². The lowest BCUT2D eigenvalue weighted by Gasteiger charge is -2.39. The van der Waals surface area contributed by atoms with Crippen molar-refractivity contribution in [1.82, 2.24) is 10.2 Å². The second kappa shape index (κ2) is 7.36. The van der Waals surface area contributed by atoms with Crippen molar-refractivity contribution in [2.75, 3.05) is 33.3 Å². The first-order valence-electron chi connectivity index (χ1n) is 7.11. The van der Waals surface area contributed by atoms with Crippen molar-refractivity contribution in [3.05, 3.63) is 34.6 Å². The molecule has 2 unspecified atom stereocenters. The first-order valence-corrected chi connectivity index (χ1v) is 7.48. The fraction of sp³-hybridized carbons (Fsp3) is 0.600. The molecule has 0 spiro atoms. The molecule has 0 aromatic heterocycles. The van der Waals surface area contributed by atoms with Crippen LogP contribution in [0.15, 0.2) is 18.2 Å². The lowest BCUT2D eigenvalue weighted by Crippen LogP contribution is -2.47. The van der Waals surface area contributed by atoms with Gasteiger partial charge in [-0.1, -0.05) is 24.6 Å². The highest BCUT2D eigenvalue weighted by Gasteiger charge is 2.31. The van der Waals surface area contributed by atoms with Crippen LogP contribution in [-0.4, -0.2) is 44.3 Å². The molecule has 1 aliphatic heterocycles. The van der Waals surface area contributed by atoms with Crippen molar-refractivity contribution < 1.29 is 9.13 Å². The molecule has 112 valence electrons. The van der Waals surface area contributed by atoms with Crippen molar-refractivity contribution >= 4 is 11.6 Å². The van der Waals surface area contributed by atoms with Crippen LogP contribution in [0.4, 0.5) is 4.39 Å². The second-order valence-electron chi connectivity index (χ2n) is 5.21. The van der Waals surface area contributed by atoms with Gasteiger partial charge in [-0.15, -0.1) is 0 Å². The SMILES string of the molecule is CCCNCC1OCCN(C)C1c1ccc(F)c(Cl)c1. The molecule has 1 N–H and O–H groups in total. The van der Waals surface area contributed by atoms with Crippen LogP contribution < -0.4 is 5.32 Å². The number of likely N-dealkylation sites (N-methyl/N-ethyl adjacent to an activating group) is 1. The molecular weight excluding hydrogens is 279 g/mol. The summed E-state index contributed by atoms with van der Waals surface area (Å²) in [5, 5.41) is 3.56. The van der Waals surface area contributed by atoms with E-state index in [1.165, 1.54) is 6.07 Å². The molecule has 1 aromatic carbocycles. The Morgan fingerprint density at radius 2 is 2.30 bits per heavy atom. The number of morpholine rings is 1. The number of halogens is 2. The Balaban J connectivity index is 2.15. The van der Waals surface area contributed by atoms with E-state index in [0.717, 1.165) is 38.2 Å². The van der Waals surface area contributed by atoms with Crippen LogP contribution in [0.25, 0.3) is 0 Å². The van der Waals surface area contributed by atoms with Crippen molar-refractivity contribution in [1.29, 1.82) is 0 Å². The third kappa shape index (κ3) is 3.70. The predicted octanol–water partition coefficient (Wildman–Crippen LogP) is 2.85. The lowest BCUT2D eigenvalue weighted by atomic mass is 9.98. The minimum atomic E-state index is -0.379. The predicted molar refractivity (Wildman–Crippen MR) is 79.7 cm³/mol. The summed E-state index contributed by atoms with van der Waals surface area (Å²) in [7, 11) is 2.07. The molecule has 20 heavy (non-hydrogen) atoms. The first kappa shape index (κ1) is 15.7. The van der Waals surface area contributed by atoms with E-state index in [9.17, 15) is 4.39 Å². The van der Waals surface area contributed by atoms with Gasteiger partial charge in [-0.2, -0.15) is 0 Å². The van der Waals surface area contributed by atoms with Gasteiger partial charge in [0.1, 0.15) is 5.82 Å². The fourth-order valence-electron chi connectivity index (χ4n) is 2.62. The number of nitrogens with one attached hydrogen (secondary N) is 1. The van der Waals surface area contributed by atoms with E-state index in [4.69, 9.17) is 16.3 Å². The van der Waals surface area contributed by atoms with Crippen LogP contribution in [0.2, 0.25) is 5.02 Å². The molecule has 0 bridgehead atoms. The molecular formula is C15H22ClFN2O. The van der Waals surface area contributed by atoms with Crippen molar-refractivity contribution in [2.24, 2.45) is 0 Å². The summed E-state index contributed by atoms with van der Waals surface area (Å²) in [6.07, 6.45) is 1.15. The maximum atomic E-state index is 13.3. The Morgan fingerprint density at radius 3 is 3.00 bits per heavy atom. The van der Waals surface area contributed by atoms with Crippen molar-refractivity contribution in [2.45, 2.75) is 25.5 Å². The Bertz CT molecular complexity index is 444. The molecule has 3 nitrogen and oxygen atoms in total. The largest absolute Gasteiger partial charge is 0.374 e. The quantitative estimate of drug-likeness (QED) is 0.846. The summed E-state index contributed by atoms with van der Waals surface area (Å²) < 4.78 is 19.2. The number of ether oxygens (including phenoxy) is 1. The number of benzene rings is 1. The summed E-state index contributed by atoms with van der Waals surface area (Å²) in [6.45, 7) is 5.49. The number of nitrogens with zero attached hydrogens (tertiary/aromatic N) is 1. The highest BCUT2D eigenvalue weighted by atomic mass is 35.5. The fourth-order valence-corrected chi connectivity index (χ4v) is 2.81. The van der Waals surface area contributed by atoms with Gasteiger partial charge in [0.05, 0.1) is 23.8 Å². The minimum Gasteiger partial charge on any atom is -0.374 e. The van der Waals surface area contributed by atoms with E-state index in [-0.39, 0.29) is 23.0 Å². The molecule has 0 saturated carbocycles. The van der Waals surface area contributed by atoms with Crippen LogP contribution in [-0.2, 0) is 4.74 Å². The van der Waals surface area contributed by atoms with Gasteiger partial charge in [0, 0.05) is 13.1 Å². The van der Waals surface area contributed by atoms with E-state index < -0.39 is 0 Å². The molecule has 0 amide bonds. The first-order chi connectivity index (χ1) is 9.63. The van der Waals surface area contributed by atoms with Gasteiger partial charge in [0.25, 0.3) is 0 Å². The zero-order valence-electron chi connectivity index (χ0n) is 12.0. The molecule has 2 rings (SSSR count). The highest BCUT2D eigenvalue weighted by molar-refractivity contribution is 6.30. The van der Waals surface area contributed by atoms with Crippen LogP contribution in [0.3, 0.4) is 0 Å². The smallest absolute Gasteiger partial charge is 0.141 e. The number of hydrogen-bond acceptors (Lipinski definition) is 3. The molecule has 1 fully saturated rings. The third-order valence-corrected chi connectivity index (χ3v) is 3.95. The van der Waals surface area contributed by atoms with E-state index in [1.54, 1.807) is 12.1 Å². The van der Waals surface area contributed by atoms with Crippen LogP contribution in [0, 0.1) is 5.82 Å². The molecule has 1 heterocycles. The molecule has 0 radical (unpaired) electrons. The summed E-state index contributed by atoms with van der Waals surface area (Å²) in [5.74, 6) is -0.379. The zero-order valence-corrected chi connectivity index (χ0v) is 12.8. The highest BCUT2D eigenvalue weighted by Crippen LogP contribution is 2.30. The number of hydrogen-bond donors (Lipinski definition) is 1. The van der Waals surface area contributed by atoms with Gasteiger partial charge >= 0.3 is 0 Å². The van der Waals surface area contributed by atoms with Crippen LogP contribution in [0.1, 0.15) is 24.9 Å². The van der Waals surface area contributed by atoms with E-state index in [0.29, 0.717) is 0 Å². The molecule has 1 aromatic rings. The minimum absolute atomic E-state index is 0.0572. The third-order valence-electron chi connectivity index (χ3n) is 3.66. The normalized spacial score (nSPS) is 24.0. The van der Waals surface area contributed by atoms with Crippen LogP contribution >= 0.6 is 11.6 Å². The topological polar surface area (TPSA) is 24.5 Å². The molecule has 1 aliphatic rings. The average molecular weight is 301 g/mol. The molecule has 0 aliphatic carbocycles. The number of rotatable bonds is 5.